The van der Waals surface area contributed by atoms with Crippen LogP contribution in [0.5, 0.6) is 0 Å². The van der Waals surface area contributed by atoms with Crippen molar-refractivity contribution in [3.8, 4) is 0 Å². The zero-order chi connectivity index (χ0) is 13.2. The van der Waals surface area contributed by atoms with Gasteiger partial charge in [0.1, 0.15) is 5.82 Å². The molecule has 0 unspecified atom stereocenters. The molecule has 1 rings (SSSR count). The van der Waals surface area contributed by atoms with E-state index in [0.29, 0.717) is 23.6 Å². The molecule has 1 aromatic carbocycles. The van der Waals surface area contributed by atoms with Crippen molar-refractivity contribution in [2.24, 2.45) is 0 Å². The summed E-state index contributed by atoms with van der Waals surface area (Å²) in [5.74, 6) is 0.375. The molecule has 108 valence electrons. The van der Waals surface area contributed by atoms with Gasteiger partial charge in [0.2, 0.25) is 5.91 Å². The number of nitrogens with one attached hydrogen (secondary N) is 2. The van der Waals surface area contributed by atoms with E-state index in [1.54, 1.807) is 18.2 Å². The van der Waals surface area contributed by atoms with Crippen molar-refractivity contribution in [3.05, 3.63) is 30.1 Å². The van der Waals surface area contributed by atoms with Crippen LogP contribution in [0.25, 0.3) is 0 Å². The first kappa shape index (κ1) is 18.2. The van der Waals surface area contributed by atoms with E-state index in [0.717, 1.165) is 13.1 Å². The molecule has 0 fully saturated rings. The highest BCUT2D eigenvalue weighted by atomic mass is 35.5. The molecular formula is C13H20ClFN2OS. The second-order valence-corrected chi connectivity index (χ2v) is 4.87. The van der Waals surface area contributed by atoms with Crippen LogP contribution in [0.4, 0.5) is 4.39 Å². The summed E-state index contributed by atoms with van der Waals surface area (Å²) in [7, 11) is 0. The lowest BCUT2D eigenvalue weighted by Crippen LogP contribution is -2.31. The number of likely N-dealkylation sites (N-methyl/N-ethyl adjacent to an activating group) is 1. The normalized spacial score (nSPS) is 9.79. The van der Waals surface area contributed by atoms with Gasteiger partial charge in [-0.3, -0.25) is 4.79 Å². The summed E-state index contributed by atoms with van der Waals surface area (Å²) in [5, 5.41) is 5.93. The maximum atomic E-state index is 13.3. The third-order valence-corrected chi connectivity index (χ3v) is 3.35. The topological polar surface area (TPSA) is 41.1 Å². The first-order valence-electron chi connectivity index (χ1n) is 6.08. The Kier molecular flexibility index (Phi) is 10.6. The Labute approximate surface area is 124 Å². The molecule has 0 atom stereocenters. The standard InChI is InChI=1S/C13H19FN2OS.ClH/c1-2-15-8-9-16-13(17)7-10-18-12-6-4-3-5-11(12)14;/h3-6,15H,2,7-10H2,1H3,(H,16,17);1H. The molecule has 6 heteroatoms. The molecule has 3 nitrogen and oxygen atoms in total. The van der Waals surface area contributed by atoms with Crippen molar-refractivity contribution in [2.75, 3.05) is 25.4 Å². The summed E-state index contributed by atoms with van der Waals surface area (Å²) in [6.45, 7) is 4.34. The smallest absolute Gasteiger partial charge is 0.220 e. The summed E-state index contributed by atoms with van der Waals surface area (Å²) < 4.78 is 13.3. The van der Waals surface area contributed by atoms with Crippen molar-refractivity contribution in [2.45, 2.75) is 18.2 Å². The SMILES string of the molecule is CCNCCNC(=O)CCSc1ccccc1F.Cl. The monoisotopic (exact) mass is 306 g/mol. The van der Waals surface area contributed by atoms with Crippen LogP contribution >= 0.6 is 24.2 Å². The fourth-order valence-corrected chi connectivity index (χ4v) is 2.26. The van der Waals surface area contributed by atoms with Crippen molar-refractivity contribution >= 4 is 30.1 Å². The van der Waals surface area contributed by atoms with Gasteiger partial charge in [-0.05, 0) is 18.7 Å². The van der Waals surface area contributed by atoms with Gasteiger partial charge in [-0.25, -0.2) is 4.39 Å². The highest BCUT2D eigenvalue weighted by molar-refractivity contribution is 7.99. The number of rotatable bonds is 8. The van der Waals surface area contributed by atoms with Gasteiger partial charge in [0.15, 0.2) is 0 Å². The Morgan fingerprint density at radius 3 is 2.74 bits per heavy atom. The van der Waals surface area contributed by atoms with E-state index in [-0.39, 0.29) is 24.1 Å². The molecule has 1 amide bonds. The average Bonchev–Trinajstić information content (AvgIpc) is 2.37. The predicted octanol–water partition coefficient (Wildman–Crippen LogP) is 2.46. The average molecular weight is 307 g/mol. The Morgan fingerprint density at radius 2 is 2.05 bits per heavy atom. The Bertz CT molecular complexity index is 379. The van der Waals surface area contributed by atoms with E-state index in [9.17, 15) is 9.18 Å². The maximum Gasteiger partial charge on any atom is 0.220 e. The van der Waals surface area contributed by atoms with Crippen molar-refractivity contribution in [1.82, 2.24) is 10.6 Å². The second-order valence-electron chi connectivity index (χ2n) is 3.73. The van der Waals surface area contributed by atoms with Crippen LogP contribution in [0, 0.1) is 5.82 Å². The van der Waals surface area contributed by atoms with Gasteiger partial charge in [-0.2, -0.15) is 0 Å². The van der Waals surface area contributed by atoms with Crippen LogP contribution in [-0.2, 0) is 4.79 Å². The van der Waals surface area contributed by atoms with Crippen LogP contribution in [0.15, 0.2) is 29.2 Å². The molecule has 0 aliphatic rings. The molecule has 2 N–H and O–H groups in total. The molecule has 0 heterocycles. The zero-order valence-corrected chi connectivity index (χ0v) is 12.6. The third-order valence-electron chi connectivity index (χ3n) is 2.30. The van der Waals surface area contributed by atoms with Crippen molar-refractivity contribution < 1.29 is 9.18 Å². The summed E-state index contributed by atoms with van der Waals surface area (Å²) in [6.07, 6.45) is 0.408. The molecule has 0 radical (unpaired) electrons. The molecular weight excluding hydrogens is 287 g/mol. The lowest BCUT2D eigenvalue weighted by Gasteiger charge is -2.05. The number of hydrogen-bond donors (Lipinski definition) is 2. The fourth-order valence-electron chi connectivity index (χ4n) is 1.37. The minimum atomic E-state index is -0.227. The van der Waals surface area contributed by atoms with Crippen molar-refractivity contribution in [3.63, 3.8) is 0 Å². The lowest BCUT2D eigenvalue weighted by atomic mass is 10.3. The first-order chi connectivity index (χ1) is 8.74. The Hall–Kier alpha value is -0.780. The lowest BCUT2D eigenvalue weighted by molar-refractivity contribution is -0.120. The summed E-state index contributed by atoms with van der Waals surface area (Å²) in [4.78, 5) is 12.0. The number of amides is 1. The maximum absolute atomic E-state index is 13.3. The Morgan fingerprint density at radius 1 is 1.32 bits per heavy atom. The summed E-state index contributed by atoms with van der Waals surface area (Å²) >= 11 is 1.37. The zero-order valence-electron chi connectivity index (χ0n) is 10.9. The molecule has 0 aromatic heterocycles. The van der Waals surface area contributed by atoms with Gasteiger partial charge in [0.25, 0.3) is 0 Å². The van der Waals surface area contributed by atoms with E-state index in [2.05, 4.69) is 10.6 Å². The highest BCUT2D eigenvalue weighted by Gasteiger charge is 2.04. The van der Waals surface area contributed by atoms with E-state index in [4.69, 9.17) is 0 Å². The number of carbonyl (C=O) groups is 1. The van der Waals surface area contributed by atoms with Crippen LogP contribution < -0.4 is 10.6 Å². The molecule has 1 aromatic rings. The van der Waals surface area contributed by atoms with Crippen LogP contribution in [0.2, 0.25) is 0 Å². The van der Waals surface area contributed by atoms with Gasteiger partial charge >= 0.3 is 0 Å². The fraction of sp³-hybridized carbons (Fsp3) is 0.462. The van der Waals surface area contributed by atoms with E-state index in [1.165, 1.54) is 17.8 Å². The van der Waals surface area contributed by atoms with E-state index >= 15 is 0 Å². The minimum absolute atomic E-state index is 0. The van der Waals surface area contributed by atoms with E-state index in [1.807, 2.05) is 6.92 Å². The van der Waals surface area contributed by atoms with Gasteiger partial charge < -0.3 is 10.6 Å². The predicted molar refractivity (Wildman–Crippen MR) is 80.5 cm³/mol. The molecule has 0 aliphatic carbocycles. The van der Waals surface area contributed by atoms with Crippen LogP contribution in [-0.4, -0.2) is 31.3 Å². The number of halogens is 2. The molecule has 0 bridgehead atoms. The van der Waals surface area contributed by atoms with Crippen LogP contribution in [0.1, 0.15) is 13.3 Å². The highest BCUT2D eigenvalue weighted by Crippen LogP contribution is 2.21. The van der Waals surface area contributed by atoms with Gasteiger partial charge in [0.05, 0.1) is 0 Å². The molecule has 0 saturated heterocycles. The third kappa shape index (κ3) is 8.08. The summed E-state index contributed by atoms with van der Waals surface area (Å²) in [6, 6.07) is 6.61. The Balaban J connectivity index is 0.00000324. The quantitative estimate of drug-likeness (QED) is 0.572. The van der Waals surface area contributed by atoms with Crippen LogP contribution in [0.3, 0.4) is 0 Å². The number of thioether (sulfide) groups is 1. The van der Waals surface area contributed by atoms with Gasteiger partial charge in [0, 0.05) is 30.2 Å². The molecule has 0 aliphatic heterocycles. The largest absolute Gasteiger partial charge is 0.355 e. The molecule has 0 saturated carbocycles. The number of carbonyl (C=O) groups excluding carboxylic acids is 1. The van der Waals surface area contributed by atoms with E-state index < -0.39 is 0 Å². The van der Waals surface area contributed by atoms with Crippen molar-refractivity contribution in [1.29, 1.82) is 0 Å². The molecule has 0 spiro atoms. The second kappa shape index (κ2) is 11.1. The van der Waals surface area contributed by atoms with Gasteiger partial charge in [-0.15, -0.1) is 24.2 Å². The molecule has 19 heavy (non-hydrogen) atoms. The first-order valence-corrected chi connectivity index (χ1v) is 7.07. The summed E-state index contributed by atoms with van der Waals surface area (Å²) in [5.41, 5.74) is 0. The van der Waals surface area contributed by atoms with Gasteiger partial charge in [-0.1, -0.05) is 19.1 Å². The minimum Gasteiger partial charge on any atom is -0.355 e. The number of benzene rings is 1. The number of hydrogen-bond acceptors (Lipinski definition) is 3.